The average molecular weight is 178 g/mol. The minimum atomic E-state index is -2.71. The lowest BCUT2D eigenvalue weighted by atomic mass is 10.3. The lowest BCUT2D eigenvalue weighted by Gasteiger charge is -2.16. The number of hydrogen-bond acceptors (Lipinski definition) is 4. The molecule has 1 heterocycles. The van der Waals surface area contributed by atoms with Gasteiger partial charge in [0.05, 0.1) is 12.2 Å². The fourth-order valence-corrected chi connectivity index (χ4v) is 2.85. The van der Waals surface area contributed by atoms with Crippen molar-refractivity contribution < 1.29 is 17.7 Å². The first kappa shape index (κ1) is 9.15. The Bertz CT molecular complexity index is 125. The van der Waals surface area contributed by atoms with E-state index in [0.29, 0.717) is 0 Å². The van der Waals surface area contributed by atoms with Gasteiger partial charge in [-0.3, -0.25) is 0 Å². The van der Waals surface area contributed by atoms with E-state index in [0.717, 1.165) is 0 Å². The van der Waals surface area contributed by atoms with Crippen LogP contribution in [-0.2, 0) is 17.7 Å². The topological polar surface area (TPSA) is 36.9 Å². The van der Waals surface area contributed by atoms with Crippen molar-refractivity contribution in [1.82, 2.24) is 0 Å². The van der Waals surface area contributed by atoms with Crippen LogP contribution >= 0.6 is 0 Å². The van der Waals surface area contributed by atoms with E-state index in [1.54, 1.807) is 14.2 Å². The van der Waals surface area contributed by atoms with E-state index in [1.807, 2.05) is 13.8 Å². The molecule has 0 saturated carbocycles. The highest BCUT2D eigenvalue weighted by Gasteiger charge is 2.53. The Kier molecular flexibility index (Phi) is 2.66. The highest BCUT2D eigenvalue weighted by molar-refractivity contribution is 6.54. The quantitative estimate of drug-likeness (QED) is 0.578. The highest BCUT2D eigenvalue weighted by Crippen LogP contribution is 2.25. The molecular formula is C6H14O4Si. The van der Waals surface area contributed by atoms with Gasteiger partial charge in [0, 0.05) is 14.2 Å². The third kappa shape index (κ3) is 1.62. The SMILES string of the molecule is CO[Si]1(OC)OC(C)C(C)O1. The molecule has 1 aliphatic rings. The molecule has 0 radical (unpaired) electrons. The Morgan fingerprint density at radius 1 is 1.00 bits per heavy atom. The molecule has 0 amide bonds. The molecule has 5 heteroatoms. The summed E-state index contributed by atoms with van der Waals surface area (Å²) in [5, 5.41) is 0. The van der Waals surface area contributed by atoms with Crippen molar-refractivity contribution in [3.63, 3.8) is 0 Å². The zero-order valence-electron chi connectivity index (χ0n) is 7.29. The first-order chi connectivity index (χ1) is 5.13. The van der Waals surface area contributed by atoms with Gasteiger partial charge >= 0.3 is 9.05 Å². The Morgan fingerprint density at radius 3 is 1.55 bits per heavy atom. The number of hydrogen-bond donors (Lipinski definition) is 0. The Morgan fingerprint density at radius 2 is 1.36 bits per heavy atom. The van der Waals surface area contributed by atoms with Gasteiger partial charge in [-0.25, -0.2) is 0 Å². The lowest BCUT2D eigenvalue weighted by Crippen LogP contribution is -2.43. The van der Waals surface area contributed by atoms with Crippen molar-refractivity contribution in [2.24, 2.45) is 0 Å². The fourth-order valence-electron chi connectivity index (χ4n) is 0.951. The molecule has 66 valence electrons. The molecule has 1 fully saturated rings. The maximum absolute atomic E-state index is 5.43. The van der Waals surface area contributed by atoms with Gasteiger partial charge < -0.3 is 17.7 Å². The molecule has 0 bridgehead atoms. The molecule has 11 heavy (non-hydrogen) atoms. The van der Waals surface area contributed by atoms with Gasteiger partial charge in [-0.05, 0) is 13.8 Å². The van der Waals surface area contributed by atoms with Crippen LogP contribution in [0.1, 0.15) is 13.8 Å². The molecule has 0 N–H and O–H groups in total. The van der Waals surface area contributed by atoms with Crippen LogP contribution in [0.15, 0.2) is 0 Å². The molecule has 0 aliphatic carbocycles. The van der Waals surface area contributed by atoms with E-state index < -0.39 is 9.05 Å². The predicted molar refractivity (Wildman–Crippen MR) is 40.9 cm³/mol. The minimum Gasteiger partial charge on any atom is -0.355 e. The summed E-state index contributed by atoms with van der Waals surface area (Å²) in [7, 11) is 0.378. The second-order valence-corrected chi connectivity index (χ2v) is 4.84. The average Bonchev–Trinajstić information content (AvgIpc) is 2.29. The molecule has 1 rings (SSSR count). The molecule has 0 spiro atoms. The van der Waals surface area contributed by atoms with Crippen molar-refractivity contribution in [3.8, 4) is 0 Å². The van der Waals surface area contributed by atoms with Crippen LogP contribution in [0, 0.1) is 0 Å². The summed E-state index contributed by atoms with van der Waals surface area (Å²) >= 11 is 0. The largest absolute Gasteiger partial charge is 0.679 e. The summed E-state index contributed by atoms with van der Waals surface area (Å²) in [6.07, 6.45) is 0.114. The Hall–Kier alpha value is 0.0569. The Labute approximate surface area is 67.9 Å². The Balaban J connectivity index is 2.61. The van der Waals surface area contributed by atoms with Crippen molar-refractivity contribution in [2.75, 3.05) is 14.2 Å². The summed E-state index contributed by atoms with van der Waals surface area (Å²) < 4.78 is 21.0. The monoisotopic (exact) mass is 178 g/mol. The van der Waals surface area contributed by atoms with Crippen LogP contribution in [0.3, 0.4) is 0 Å². The minimum absolute atomic E-state index is 0.0570. The van der Waals surface area contributed by atoms with Crippen molar-refractivity contribution in [1.29, 1.82) is 0 Å². The fraction of sp³-hybridized carbons (Fsp3) is 1.00. The van der Waals surface area contributed by atoms with E-state index in [9.17, 15) is 0 Å². The van der Waals surface area contributed by atoms with E-state index >= 15 is 0 Å². The van der Waals surface area contributed by atoms with Crippen LogP contribution in [-0.4, -0.2) is 35.5 Å². The van der Waals surface area contributed by atoms with Crippen LogP contribution in [0.5, 0.6) is 0 Å². The van der Waals surface area contributed by atoms with Crippen molar-refractivity contribution >= 4 is 9.05 Å². The zero-order valence-corrected chi connectivity index (χ0v) is 8.29. The van der Waals surface area contributed by atoms with E-state index in [2.05, 4.69) is 0 Å². The van der Waals surface area contributed by atoms with Gasteiger partial charge in [0.2, 0.25) is 0 Å². The van der Waals surface area contributed by atoms with Crippen LogP contribution < -0.4 is 0 Å². The third-order valence-corrected chi connectivity index (χ3v) is 4.14. The lowest BCUT2D eigenvalue weighted by molar-refractivity contribution is 0.0472. The first-order valence-electron chi connectivity index (χ1n) is 3.59. The molecule has 4 nitrogen and oxygen atoms in total. The van der Waals surface area contributed by atoms with Crippen molar-refractivity contribution in [3.05, 3.63) is 0 Å². The standard InChI is InChI=1S/C6H14O4Si/c1-5-6(2)10-11(7-3,8-4)9-5/h5-6H,1-4H3. The highest BCUT2D eigenvalue weighted by atomic mass is 28.4. The van der Waals surface area contributed by atoms with Gasteiger partial charge in [-0.2, -0.15) is 0 Å². The van der Waals surface area contributed by atoms with Gasteiger partial charge in [-0.15, -0.1) is 0 Å². The van der Waals surface area contributed by atoms with Gasteiger partial charge in [-0.1, -0.05) is 0 Å². The molecule has 1 saturated heterocycles. The summed E-state index contributed by atoms with van der Waals surface area (Å²) in [5.74, 6) is 0. The molecule has 0 aromatic heterocycles. The molecule has 0 aromatic rings. The smallest absolute Gasteiger partial charge is 0.355 e. The van der Waals surface area contributed by atoms with Crippen LogP contribution in [0.25, 0.3) is 0 Å². The normalized spacial score (nSPS) is 36.0. The molecule has 2 atom stereocenters. The predicted octanol–water partition coefficient (Wildman–Crippen LogP) is 0.539. The van der Waals surface area contributed by atoms with Crippen LogP contribution in [0.2, 0.25) is 0 Å². The van der Waals surface area contributed by atoms with Gasteiger partial charge in [0.15, 0.2) is 0 Å². The maximum atomic E-state index is 5.43. The van der Waals surface area contributed by atoms with E-state index in [-0.39, 0.29) is 12.2 Å². The molecule has 0 aromatic carbocycles. The van der Waals surface area contributed by atoms with E-state index in [4.69, 9.17) is 17.7 Å². The molecular weight excluding hydrogens is 164 g/mol. The van der Waals surface area contributed by atoms with Gasteiger partial charge in [0.25, 0.3) is 0 Å². The second kappa shape index (κ2) is 3.20. The summed E-state index contributed by atoms with van der Waals surface area (Å²) in [4.78, 5) is 0. The number of rotatable bonds is 2. The molecule has 2 unspecified atom stereocenters. The van der Waals surface area contributed by atoms with Gasteiger partial charge in [0.1, 0.15) is 0 Å². The van der Waals surface area contributed by atoms with E-state index in [1.165, 1.54) is 0 Å². The zero-order chi connectivity index (χ0) is 8.48. The first-order valence-corrected chi connectivity index (χ1v) is 5.23. The van der Waals surface area contributed by atoms with Crippen LogP contribution in [0.4, 0.5) is 0 Å². The summed E-state index contributed by atoms with van der Waals surface area (Å²) in [6, 6.07) is 0. The molecule has 1 aliphatic heterocycles. The maximum Gasteiger partial charge on any atom is 0.679 e. The third-order valence-electron chi connectivity index (χ3n) is 1.82. The van der Waals surface area contributed by atoms with Crippen molar-refractivity contribution in [2.45, 2.75) is 26.1 Å². The summed E-state index contributed by atoms with van der Waals surface area (Å²) in [6.45, 7) is 3.88. The second-order valence-electron chi connectivity index (χ2n) is 2.55. The summed E-state index contributed by atoms with van der Waals surface area (Å²) in [5.41, 5.74) is 0.